The van der Waals surface area contributed by atoms with Gasteiger partial charge in [-0.2, -0.15) is 0 Å². The molecule has 0 radical (unpaired) electrons. The maximum absolute atomic E-state index is 4.03. The Morgan fingerprint density at radius 2 is 2.22 bits per heavy atom. The van der Waals surface area contributed by atoms with Gasteiger partial charge in [0.05, 0.1) is 0 Å². The third-order valence-electron chi connectivity index (χ3n) is 0.901. The molecular formula is C5H4NNaOS. The average Bonchev–Trinajstić information content (AvgIpc) is 2.41. The van der Waals surface area contributed by atoms with Crippen molar-refractivity contribution in [2.75, 3.05) is 0 Å². The average molecular weight is 149 g/mol. The third-order valence-corrected chi connectivity index (χ3v) is 1.77. The summed E-state index contributed by atoms with van der Waals surface area (Å²) in [4.78, 5) is 5.37. The Bertz CT molecular complexity index is 185. The van der Waals surface area contributed by atoms with E-state index in [1.165, 1.54) is 9.92 Å². The molecule has 0 atom stereocenters. The second-order valence-electron chi connectivity index (χ2n) is 1.41. The molecule has 1 aliphatic rings. The minimum absolute atomic E-state index is 0. The van der Waals surface area contributed by atoms with Crippen molar-refractivity contribution in [3.05, 3.63) is 18.3 Å². The standard InChI is InChI=1S/C5H3NS.Na.H2O/c1-2-4-5(7-4)6-3-1;;/h1-3H;;1H2/q;+1;/p-1. The third kappa shape index (κ3) is 1.95. The van der Waals surface area contributed by atoms with Crippen molar-refractivity contribution in [2.45, 2.75) is 9.92 Å². The van der Waals surface area contributed by atoms with E-state index in [0.29, 0.717) is 0 Å². The molecule has 0 amide bonds. The summed E-state index contributed by atoms with van der Waals surface area (Å²) in [5, 5.41) is 1.20. The Balaban J connectivity index is 0.000000320. The summed E-state index contributed by atoms with van der Waals surface area (Å²) in [6.07, 6.45) is 1.82. The molecule has 0 fully saturated rings. The van der Waals surface area contributed by atoms with Crippen molar-refractivity contribution in [2.24, 2.45) is 0 Å². The van der Waals surface area contributed by atoms with Gasteiger partial charge in [0, 0.05) is 11.1 Å². The van der Waals surface area contributed by atoms with Crippen LogP contribution in [0.5, 0.6) is 0 Å². The number of nitrogens with zero attached hydrogens (tertiary/aromatic N) is 1. The van der Waals surface area contributed by atoms with Crippen molar-refractivity contribution in [3.8, 4) is 0 Å². The first kappa shape index (κ1) is 9.46. The zero-order valence-electron chi connectivity index (χ0n) is 5.03. The molecule has 2 nitrogen and oxygen atoms in total. The maximum atomic E-state index is 4.03. The normalized spacial score (nSPS) is 10.2. The van der Waals surface area contributed by atoms with Crippen LogP contribution in [0.1, 0.15) is 0 Å². The SMILES string of the molecule is [Na+].[OH-].c1cnc2c(c1)S2. The topological polar surface area (TPSA) is 42.9 Å². The van der Waals surface area contributed by atoms with Crippen molar-refractivity contribution < 1.29 is 35.0 Å². The van der Waals surface area contributed by atoms with Gasteiger partial charge in [-0.25, -0.2) is 4.98 Å². The van der Waals surface area contributed by atoms with E-state index in [9.17, 15) is 0 Å². The van der Waals surface area contributed by atoms with Crippen molar-refractivity contribution in [1.82, 2.24) is 4.98 Å². The second kappa shape index (κ2) is 3.58. The first-order valence-electron chi connectivity index (χ1n) is 2.10. The number of fused-ring (bicyclic) bond motifs is 1. The molecule has 4 heteroatoms. The summed E-state index contributed by atoms with van der Waals surface area (Å²) >= 11 is 1.75. The number of pyridine rings is 1. The van der Waals surface area contributed by atoms with E-state index in [0.717, 1.165) is 0 Å². The molecule has 0 saturated carbocycles. The summed E-state index contributed by atoms with van der Waals surface area (Å²) in [5.41, 5.74) is 0. The fourth-order valence-corrected chi connectivity index (χ4v) is 1.05. The predicted molar refractivity (Wildman–Crippen MR) is 30.3 cm³/mol. The Morgan fingerprint density at radius 3 is 2.67 bits per heavy atom. The van der Waals surface area contributed by atoms with Crippen molar-refractivity contribution >= 4 is 11.8 Å². The Morgan fingerprint density at radius 1 is 1.44 bits per heavy atom. The van der Waals surface area contributed by atoms with Gasteiger partial charge in [-0.05, 0) is 12.1 Å². The molecule has 1 aliphatic heterocycles. The summed E-state index contributed by atoms with van der Waals surface area (Å²) in [5.74, 6) is 0. The van der Waals surface area contributed by atoms with E-state index in [2.05, 4.69) is 11.1 Å². The molecule has 0 bridgehead atoms. The number of aromatic nitrogens is 1. The monoisotopic (exact) mass is 149 g/mol. The molecule has 2 rings (SSSR count). The molecule has 2 heterocycles. The van der Waals surface area contributed by atoms with E-state index in [1.54, 1.807) is 11.8 Å². The Hall–Kier alpha value is 0.460. The van der Waals surface area contributed by atoms with Gasteiger partial charge in [-0.3, -0.25) is 0 Å². The van der Waals surface area contributed by atoms with Crippen LogP contribution >= 0.6 is 11.8 Å². The quantitative estimate of drug-likeness (QED) is 0.334. The first-order chi connectivity index (χ1) is 3.47. The minimum atomic E-state index is 0. The zero-order chi connectivity index (χ0) is 4.69. The van der Waals surface area contributed by atoms with Crippen molar-refractivity contribution in [1.29, 1.82) is 0 Å². The largest absolute Gasteiger partial charge is 1.00 e. The van der Waals surface area contributed by atoms with E-state index in [1.807, 2.05) is 12.3 Å². The summed E-state index contributed by atoms with van der Waals surface area (Å²) in [7, 11) is 0. The molecule has 0 unspecified atom stereocenters. The van der Waals surface area contributed by atoms with Gasteiger partial charge < -0.3 is 5.48 Å². The smallest absolute Gasteiger partial charge is 0.870 e. The van der Waals surface area contributed by atoms with Gasteiger partial charge in [-0.15, -0.1) is 0 Å². The fraction of sp³-hybridized carbons (Fsp3) is 0. The van der Waals surface area contributed by atoms with Gasteiger partial charge >= 0.3 is 29.6 Å². The maximum Gasteiger partial charge on any atom is 1.00 e. The van der Waals surface area contributed by atoms with Crippen LogP contribution in [-0.4, -0.2) is 10.5 Å². The van der Waals surface area contributed by atoms with E-state index >= 15 is 0 Å². The number of hydrogen-bond donors (Lipinski definition) is 0. The van der Waals surface area contributed by atoms with Gasteiger partial charge in [-0.1, -0.05) is 11.8 Å². The minimum Gasteiger partial charge on any atom is -0.870 e. The van der Waals surface area contributed by atoms with Gasteiger partial charge in [0.15, 0.2) is 0 Å². The van der Waals surface area contributed by atoms with Crippen LogP contribution < -0.4 is 29.6 Å². The van der Waals surface area contributed by atoms with Crippen molar-refractivity contribution in [3.63, 3.8) is 0 Å². The van der Waals surface area contributed by atoms with Crippen LogP contribution in [0.4, 0.5) is 0 Å². The van der Waals surface area contributed by atoms with Crippen LogP contribution in [0.2, 0.25) is 0 Å². The molecule has 0 spiro atoms. The van der Waals surface area contributed by atoms with Gasteiger partial charge in [0.25, 0.3) is 0 Å². The van der Waals surface area contributed by atoms with Crippen LogP contribution in [0.25, 0.3) is 0 Å². The van der Waals surface area contributed by atoms with E-state index < -0.39 is 0 Å². The van der Waals surface area contributed by atoms with Crippen LogP contribution in [-0.2, 0) is 0 Å². The molecule has 0 aliphatic carbocycles. The van der Waals surface area contributed by atoms with Crippen LogP contribution in [0.15, 0.2) is 28.3 Å². The van der Waals surface area contributed by atoms with Crippen LogP contribution in [0, 0.1) is 0 Å². The summed E-state index contributed by atoms with van der Waals surface area (Å²) in [6.45, 7) is 0. The molecule has 1 aromatic heterocycles. The van der Waals surface area contributed by atoms with Gasteiger partial charge in [0.2, 0.25) is 0 Å². The molecular weight excluding hydrogens is 145 g/mol. The summed E-state index contributed by atoms with van der Waals surface area (Å²) < 4.78 is 0. The summed E-state index contributed by atoms with van der Waals surface area (Å²) in [6, 6.07) is 4.03. The molecule has 42 valence electrons. The Labute approximate surface area is 79.7 Å². The van der Waals surface area contributed by atoms with E-state index in [4.69, 9.17) is 0 Å². The molecule has 0 aromatic carbocycles. The zero-order valence-corrected chi connectivity index (χ0v) is 7.85. The first-order valence-corrected chi connectivity index (χ1v) is 2.91. The van der Waals surface area contributed by atoms with E-state index in [-0.39, 0.29) is 35.0 Å². The Kier molecular flexibility index (Phi) is 3.77. The molecule has 1 N–H and O–H groups in total. The predicted octanol–water partition coefficient (Wildman–Crippen LogP) is -1.63. The fourth-order valence-electron chi connectivity index (χ4n) is 0.515. The second-order valence-corrected chi connectivity index (χ2v) is 2.44. The van der Waals surface area contributed by atoms with Gasteiger partial charge in [0.1, 0.15) is 5.03 Å². The molecule has 0 saturated heterocycles. The molecule has 1 aromatic rings. The number of hydrogen-bond acceptors (Lipinski definition) is 3. The molecule has 9 heavy (non-hydrogen) atoms. The van der Waals surface area contributed by atoms with Crippen LogP contribution in [0.3, 0.4) is 0 Å². The number of rotatable bonds is 0.